The van der Waals surface area contributed by atoms with E-state index in [0.29, 0.717) is 0 Å². The van der Waals surface area contributed by atoms with E-state index >= 15 is 0 Å². The molecule has 1 aromatic heterocycles. The van der Waals surface area contributed by atoms with Gasteiger partial charge in [-0.05, 0) is 0 Å². The molecule has 0 aliphatic rings. The van der Waals surface area contributed by atoms with E-state index in [4.69, 9.17) is 11.5 Å². The van der Waals surface area contributed by atoms with Crippen LogP contribution in [0.15, 0.2) is 12.4 Å². The molecule has 5 nitrogen and oxygen atoms in total. The van der Waals surface area contributed by atoms with E-state index in [1.165, 1.54) is 12.4 Å². The largest absolute Gasteiger partial charge is 0.476 e. The molecule has 0 radical (unpaired) electrons. The average Bonchev–Trinajstić information content (AvgIpc) is 2.15. The van der Waals surface area contributed by atoms with E-state index in [1.54, 1.807) is 0 Å². The number of anilines is 1. The highest BCUT2D eigenvalue weighted by molar-refractivity contribution is 5.90. The molecule has 0 saturated carbocycles. The lowest BCUT2D eigenvalue weighted by Gasteiger charge is -2.02. The minimum Gasteiger partial charge on any atom is -0.476 e. The van der Waals surface area contributed by atoms with Crippen molar-refractivity contribution in [2.24, 2.45) is 0 Å². The molecule has 0 aliphatic carbocycles. The molecule has 1 rings (SSSR count). The minimum atomic E-state index is -1.13. The van der Waals surface area contributed by atoms with Crippen LogP contribution in [-0.4, -0.2) is 27.6 Å². The third-order valence-electron chi connectivity index (χ3n) is 1.26. The summed E-state index contributed by atoms with van der Waals surface area (Å²) >= 11 is 0. The maximum absolute atomic E-state index is 10.6. The fourth-order valence-electron chi connectivity index (χ4n) is 0.759. The van der Waals surface area contributed by atoms with Gasteiger partial charge in [-0.2, -0.15) is 0 Å². The normalized spacial score (nSPS) is 8.85. The summed E-state index contributed by atoms with van der Waals surface area (Å²) in [5.74, 6) is 1.37. The number of terminal acetylenes is 1. The SMILES string of the molecule is C#CCNc1nccnc1C(=O)O. The molecule has 1 heterocycles. The highest BCUT2D eigenvalue weighted by Crippen LogP contribution is 2.06. The van der Waals surface area contributed by atoms with Crippen molar-refractivity contribution >= 4 is 11.8 Å². The maximum atomic E-state index is 10.6. The van der Waals surface area contributed by atoms with Crippen molar-refractivity contribution < 1.29 is 9.90 Å². The smallest absolute Gasteiger partial charge is 0.358 e. The van der Waals surface area contributed by atoms with Crippen molar-refractivity contribution in [3.05, 3.63) is 18.1 Å². The molecule has 0 unspecified atom stereocenters. The van der Waals surface area contributed by atoms with Crippen LogP contribution >= 0.6 is 0 Å². The second-order valence-electron chi connectivity index (χ2n) is 2.12. The topological polar surface area (TPSA) is 75.1 Å². The van der Waals surface area contributed by atoms with E-state index in [9.17, 15) is 4.79 Å². The first-order valence-corrected chi connectivity index (χ1v) is 3.47. The molecule has 0 spiro atoms. The Morgan fingerprint density at radius 1 is 1.62 bits per heavy atom. The standard InChI is InChI=1S/C8H7N3O2/c1-2-3-10-7-6(8(12)13)9-4-5-11-7/h1,4-5H,3H2,(H,10,11)(H,12,13). The first kappa shape index (κ1) is 9.00. The number of carboxylic acids is 1. The third-order valence-corrected chi connectivity index (χ3v) is 1.26. The van der Waals surface area contributed by atoms with Crippen molar-refractivity contribution in [2.75, 3.05) is 11.9 Å². The average molecular weight is 177 g/mol. The van der Waals surface area contributed by atoms with Crippen LogP contribution in [0.4, 0.5) is 5.82 Å². The summed E-state index contributed by atoms with van der Waals surface area (Å²) in [4.78, 5) is 18.0. The fourth-order valence-corrected chi connectivity index (χ4v) is 0.759. The Balaban J connectivity index is 2.92. The maximum Gasteiger partial charge on any atom is 0.358 e. The minimum absolute atomic E-state index is 0.127. The van der Waals surface area contributed by atoms with Crippen LogP contribution in [0, 0.1) is 12.3 Å². The molecule has 0 saturated heterocycles. The number of nitrogens with zero attached hydrogens (tertiary/aromatic N) is 2. The zero-order valence-corrected chi connectivity index (χ0v) is 6.69. The Morgan fingerprint density at radius 2 is 2.31 bits per heavy atom. The van der Waals surface area contributed by atoms with Crippen LogP contribution < -0.4 is 5.32 Å². The zero-order chi connectivity index (χ0) is 9.68. The van der Waals surface area contributed by atoms with Crippen molar-refractivity contribution in [1.29, 1.82) is 0 Å². The molecular weight excluding hydrogens is 170 g/mol. The van der Waals surface area contributed by atoms with Gasteiger partial charge in [-0.1, -0.05) is 5.92 Å². The van der Waals surface area contributed by atoms with Gasteiger partial charge in [0.2, 0.25) is 0 Å². The van der Waals surface area contributed by atoms with Gasteiger partial charge in [0.15, 0.2) is 11.5 Å². The summed E-state index contributed by atoms with van der Waals surface area (Å²) in [5, 5.41) is 11.3. The number of aromatic nitrogens is 2. The van der Waals surface area contributed by atoms with Crippen molar-refractivity contribution in [3.8, 4) is 12.3 Å². The van der Waals surface area contributed by atoms with Crippen LogP contribution in [0.5, 0.6) is 0 Å². The van der Waals surface area contributed by atoms with E-state index in [-0.39, 0.29) is 18.1 Å². The van der Waals surface area contributed by atoms with E-state index in [2.05, 4.69) is 21.2 Å². The number of carboxylic acid groups (broad SMARTS) is 1. The molecule has 66 valence electrons. The zero-order valence-electron chi connectivity index (χ0n) is 6.69. The molecule has 0 aromatic carbocycles. The first-order chi connectivity index (χ1) is 6.25. The number of hydrogen-bond donors (Lipinski definition) is 2. The summed E-state index contributed by atoms with van der Waals surface area (Å²) in [6, 6.07) is 0. The fraction of sp³-hybridized carbons (Fsp3) is 0.125. The van der Waals surface area contributed by atoms with Gasteiger partial charge in [-0.15, -0.1) is 6.42 Å². The lowest BCUT2D eigenvalue weighted by molar-refractivity contribution is 0.0691. The van der Waals surface area contributed by atoms with E-state index < -0.39 is 5.97 Å². The molecule has 0 amide bonds. The highest BCUT2D eigenvalue weighted by atomic mass is 16.4. The van der Waals surface area contributed by atoms with Crippen LogP contribution in [0.1, 0.15) is 10.5 Å². The highest BCUT2D eigenvalue weighted by Gasteiger charge is 2.10. The van der Waals surface area contributed by atoms with Gasteiger partial charge >= 0.3 is 5.97 Å². The van der Waals surface area contributed by atoms with Gasteiger partial charge in [0.05, 0.1) is 6.54 Å². The Kier molecular flexibility index (Phi) is 2.82. The van der Waals surface area contributed by atoms with Gasteiger partial charge in [0.1, 0.15) is 0 Å². The van der Waals surface area contributed by atoms with Crippen LogP contribution in [-0.2, 0) is 0 Å². The first-order valence-electron chi connectivity index (χ1n) is 3.47. The number of carbonyl (C=O) groups is 1. The molecule has 0 aliphatic heterocycles. The Hall–Kier alpha value is -2.09. The van der Waals surface area contributed by atoms with Crippen molar-refractivity contribution in [1.82, 2.24) is 9.97 Å². The molecule has 0 atom stereocenters. The number of nitrogens with one attached hydrogen (secondary N) is 1. The number of aromatic carboxylic acids is 1. The molecule has 13 heavy (non-hydrogen) atoms. The predicted molar refractivity (Wildman–Crippen MR) is 46.3 cm³/mol. The van der Waals surface area contributed by atoms with Gasteiger partial charge in [-0.25, -0.2) is 14.8 Å². The summed E-state index contributed by atoms with van der Waals surface area (Å²) in [5.41, 5.74) is -0.127. The molecule has 5 heteroatoms. The Labute approximate surface area is 74.8 Å². The second kappa shape index (κ2) is 4.07. The summed E-state index contributed by atoms with van der Waals surface area (Å²) in [6.07, 6.45) is 7.70. The summed E-state index contributed by atoms with van der Waals surface area (Å²) in [7, 11) is 0. The van der Waals surface area contributed by atoms with Crippen LogP contribution in [0.2, 0.25) is 0 Å². The Morgan fingerprint density at radius 3 is 2.92 bits per heavy atom. The summed E-state index contributed by atoms with van der Waals surface area (Å²) in [6.45, 7) is 0.221. The third kappa shape index (κ3) is 2.17. The van der Waals surface area contributed by atoms with Gasteiger partial charge < -0.3 is 10.4 Å². The molecule has 1 aromatic rings. The lowest BCUT2D eigenvalue weighted by Crippen LogP contribution is -2.10. The monoisotopic (exact) mass is 177 g/mol. The van der Waals surface area contributed by atoms with Gasteiger partial charge in [-0.3, -0.25) is 0 Å². The van der Waals surface area contributed by atoms with Gasteiger partial charge in [0.25, 0.3) is 0 Å². The lowest BCUT2D eigenvalue weighted by atomic mass is 10.4. The summed E-state index contributed by atoms with van der Waals surface area (Å²) < 4.78 is 0. The van der Waals surface area contributed by atoms with E-state index in [1.807, 2.05) is 0 Å². The van der Waals surface area contributed by atoms with Crippen molar-refractivity contribution in [2.45, 2.75) is 0 Å². The molecule has 0 fully saturated rings. The molecule has 0 bridgehead atoms. The second-order valence-corrected chi connectivity index (χ2v) is 2.12. The van der Waals surface area contributed by atoms with Crippen molar-refractivity contribution in [3.63, 3.8) is 0 Å². The Bertz CT molecular complexity index is 357. The van der Waals surface area contributed by atoms with Crippen LogP contribution in [0.25, 0.3) is 0 Å². The molecular formula is C8H7N3O2. The molecule has 2 N–H and O–H groups in total. The number of rotatable bonds is 3. The van der Waals surface area contributed by atoms with Gasteiger partial charge in [0, 0.05) is 12.4 Å². The van der Waals surface area contributed by atoms with E-state index in [0.717, 1.165) is 0 Å². The quantitative estimate of drug-likeness (QED) is 0.646. The predicted octanol–water partition coefficient (Wildman–Crippen LogP) is 0.220. The van der Waals surface area contributed by atoms with Crippen LogP contribution in [0.3, 0.4) is 0 Å². The number of hydrogen-bond acceptors (Lipinski definition) is 4.